The van der Waals surface area contributed by atoms with Gasteiger partial charge in [-0.15, -0.1) is 5.92 Å². The normalized spacial score (nSPS) is 19.7. The Kier molecular flexibility index (Phi) is 9.09. The van der Waals surface area contributed by atoms with Crippen molar-refractivity contribution in [1.29, 1.82) is 0 Å². The van der Waals surface area contributed by atoms with Gasteiger partial charge in [0.05, 0.1) is 29.9 Å². The van der Waals surface area contributed by atoms with Crippen molar-refractivity contribution in [1.82, 2.24) is 10.3 Å². The Morgan fingerprint density at radius 3 is 2.69 bits per heavy atom. The summed E-state index contributed by atoms with van der Waals surface area (Å²) in [5.74, 6) is 5.19. The van der Waals surface area contributed by atoms with Gasteiger partial charge in [-0.3, -0.25) is 4.79 Å². The number of aromatic nitrogens is 1. The molecule has 1 aliphatic heterocycles. The number of hydrogen-bond acceptors (Lipinski definition) is 7. The van der Waals surface area contributed by atoms with E-state index in [-0.39, 0.29) is 24.6 Å². The fourth-order valence-corrected chi connectivity index (χ4v) is 7.17. The van der Waals surface area contributed by atoms with Gasteiger partial charge >= 0.3 is 5.97 Å². The van der Waals surface area contributed by atoms with Crippen LogP contribution in [-0.4, -0.2) is 55.2 Å². The molecule has 2 aromatic carbocycles. The lowest BCUT2D eigenvalue weighted by Gasteiger charge is -2.23. The summed E-state index contributed by atoms with van der Waals surface area (Å²) in [6.07, 6.45) is 2.78. The Morgan fingerprint density at radius 1 is 1.19 bits per heavy atom. The number of aliphatic carboxylic acids is 1. The number of benzene rings is 2. The van der Waals surface area contributed by atoms with Crippen molar-refractivity contribution in [2.75, 3.05) is 25.4 Å². The number of ether oxygens (including phenoxy) is 2. The molecule has 1 aliphatic carbocycles. The maximum atomic E-state index is 15.1. The molecular weight excluding hydrogens is 559 g/mol. The molecule has 10 heteroatoms. The number of pyridine rings is 1. The van der Waals surface area contributed by atoms with Crippen LogP contribution in [-0.2, 0) is 21.1 Å². The summed E-state index contributed by atoms with van der Waals surface area (Å²) in [6, 6.07) is 13.9. The lowest BCUT2D eigenvalue weighted by Crippen LogP contribution is -2.44. The molecule has 3 atom stereocenters. The highest BCUT2D eigenvalue weighted by Gasteiger charge is 2.31. The number of rotatable bonds is 10. The van der Waals surface area contributed by atoms with Crippen molar-refractivity contribution in [3.63, 3.8) is 0 Å². The summed E-state index contributed by atoms with van der Waals surface area (Å²) in [5, 5.41) is 11.8. The lowest BCUT2D eigenvalue weighted by atomic mass is 9.96. The molecule has 2 aliphatic rings. The third-order valence-electron chi connectivity index (χ3n) is 7.72. The van der Waals surface area contributed by atoms with Crippen molar-refractivity contribution < 1.29 is 32.2 Å². The molecule has 1 aromatic heterocycles. The molecule has 2 N–H and O–H groups in total. The van der Waals surface area contributed by atoms with Crippen LogP contribution in [0.1, 0.15) is 54.9 Å². The van der Waals surface area contributed by atoms with Crippen LogP contribution >= 0.6 is 0 Å². The average molecular weight is 593 g/mol. The van der Waals surface area contributed by atoms with Gasteiger partial charge in [0, 0.05) is 36.5 Å². The first-order chi connectivity index (χ1) is 20.2. The Labute approximate surface area is 245 Å². The molecule has 42 heavy (non-hydrogen) atoms. The van der Waals surface area contributed by atoms with Gasteiger partial charge in [-0.1, -0.05) is 24.1 Å². The Balaban J connectivity index is 1.26. The number of carbonyl (C=O) groups is 1. The summed E-state index contributed by atoms with van der Waals surface area (Å²) < 4.78 is 51.4. The van der Waals surface area contributed by atoms with Crippen LogP contribution < -0.4 is 14.8 Å². The minimum Gasteiger partial charge on any atom is -0.486 e. The Hall–Kier alpha value is -3.94. The van der Waals surface area contributed by atoms with Crippen LogP contribution in [0, 0.1) is 17.7 Å². The third kappa shape index (κ3) is 6.75. The van der Waals surface area contributed by atoms with E-state index >= 15 is 4.39 Å². The Morgan fingerprint density at radius 2 is 2.00 bits per heavy atom. The second-order valence-electron chi connectivity index (χ2n) is 10.5. The van der Waals surface area contributed by atoms with Gasteiger partial charge in [-0.2, -0.15) is 0 Å². The summed E-state index contributed by atoms with van der Waals surface area (Å²) in [4.78, 5) is 15.6. The topological polar surface area (TPSA) is 115 Å². The van der Waals surface area contributed by atoms with Crippen LogP contribution in [0.5, 0.6) is 11.6 Å². The molecule has 2 heterocycles. The molecule has 0 radical (unpaired) electrons. The van der Waals surface area contributed by atoms with E-state index in [1.807, 2.05) is 6.07 Å². The van der Waals surface area contributed by atoms with Crippen molar-refractivity contribution in [3.05, 3.63) is 77.2 Å². The van der Waals surface area contributed by atoms with Gasteiger partial charge in [0.1, 0.15) is 17.7 Å². The number of hydrogen-bond donors (Lipinski definition) is 2. The van der Waals surface area contributed by atoms with E-state index in [2.05, 4.69) is 22.1 Å². The van der Waals surface area contributed by atoms with E-state index in [0.29, 0.717) is 49.5 Å². The summed E-state index contributed by atoms with van der Waals surface area (Å²) in [7, 11) is -3.09. The Bertz CT molecular complexity index is 1600. The van der Waals surface area contributed by atoms with Gasteiger partial charge in [0.15, 0.2) is 9.84 Å². The molecule has 1 unspecified atom stereocenters. The van der Waals surface area contributed by atoms with E-state index in [1.54, 1.807) is 49.5 Å². The van der Waals surface area contributed by atoms with Gasteiger partial charge in [-0.05, 0) is 67.1 Å². The molecule has 220 valence electrons. The first-order valence-corrected chi connectivity index (χ1v) is 15.7. The second kappa shape index (κ2) is 12.9. The number of nitrogens with zero attached hydrogens (tertiary/aromatic N) is 1. The van der Waals surface area contributed by atoms with E-state index in [4.69, 9.17) is 9.47 Å². The second-order valence-corrected chi connectivity index (χ2v) is 12.9. The highest BCUT2D eigenvalue weighted by molar-refractivity contribution is 7.92. The lowest BCUT2D eigenvalue weighted by molar-refractivity contribution is -0.137. The number of sulfone groups is 1. The predicted octanol–water partition coefficient (Wildman–Crippen LogP) is 4.69. The van der Waals surface area contributed by atoms with E-state index < -0.39 is 33.1 Å². The average Bonchev–Trinajstić information content (AvgIpc) is 3.39. The third-order valence-corrected chi connectivity index (χ3v) is 9.91. The van der Waals surface area contributed by atoms with Crippen molar-refractivity contribution in [3.8, 4) is 34.6 Å². The fraction of sp³-hybridized carbons (Fsp3) is 0.375. The predicted molar refractivity (Wildman–Crippen MR) is 157 cm³/mol. The van der Waals surface area contributed by atoms with Crippen LogP contribution in [0.2, 0.25) is 0 Å². The molecule has 1 fully saturated rings. The number of halogens is 1. The molecule has 0 bridgehead atoms. The summed E-state index contributed by atoms with van der Waals surface area (Å²) in [6.45, 7) is 2.85. The quantitative estimate of drug-likeness (QED) is 0.326. The summed E-state index contributed by atoms with van der Waals surface area (Å²) in [5.41, 5.74) is 3.89. The molecule has 0 saturated carbocycles. The van der Waals surface area contributed by atoms with Crippen molar-refractivity contribution in [2.45, 2.75) is 49.9 Å². The maximum absolute atomic E-state index is 15.1. The summed E-state index contributed by atoms with van der Waals surface area (Å²) >= 11 is 0. The van der Waals surface area contributed by atoms with Crippen LogP contribution in [0.3, 0.4) is 0 Å². The van der Waals surface area contributed by atoms with Crippen LogP contribution in [0.15, 0.2) is 54.7 Å². The number of carboxylic acids is 1. The monoisotopic (exact) mass is 592 g/mol. The molecule has 1 saturated heterocycles. The molecule has 5 rings (SSSR count). The molecule has 3 aromatic rings. The zero-order valence-electron chi connectivity index (χ0n) is 23.3. The molecule has 0 spiro atoms. The number of carboxylic acid groups (broad SMARTS) is 1. The van der Waals surface area contributed by atoms with Gasteiger partial charge in [0.25, 0.3) is 0 Å². The highest BCUT2D eigenvalue weighted by atomic mass is 32.2. The van der Waals surface area contributed by atoms with Crippen molar-refractivity contribution >= 4 is 15.8 Å². The van der Waals surface area contributed by atoms with Gasteiger partial charge < -0.3 is 19.9 Å². The highest BCUT2D eigenvalue weighted by Crippen LogP contribution is 2.42. The SMILES string of the molecule is CC#C[C@@H](CC(=O)O)c1ccc(O[C@@H]2CCc3c(-c4ccc(OCCC5CNCCS5(=O)=O)nc4)ccc(F)c32)cc1. The van der Waals surface area contributed by atoms with E-state index in [9.17, 15) is 18.3 Å². The van der Waals surface area contributed by atoms with Crippen molar-refractivity contribution in [2.24, 2.45) is 0 Å². The zero-order valence-corrected chi connectivity index (χ0v) is 24.1. The molecule has 8 nitrogen and oxygen atoms in total. The molecular formula is C32H33FN2O6S. The standard InChI is InChI=1S/C32H33FN2O6S/c1-2-3-22(18-31(36)37)21-4-7-24(8-5-21)41-29-12-10-27-26(9-11-28(33)32(27)29)23-6-13-30(35-19-23)40-16-14-25-20-34-15-17-42(25,38)39/h4-9,11,13,19,22,25,29,34H,10,12,14-18,20H2,1H3,(H,36,37)/t22-,25?,29+/m0/s1. The first kappa shape index (κ1) is 29.5. The number of fused-ring (bicyclic) bond motifs is 1. The minimum absolute atomic E-state index is 0.0878. The van der Waals surface area contributed by atoms with Crippen LogP contribution in [0.25, 0.3) is 11.1 Å². The van der Waals surface area contributed by atoms with Gasteiger partial charge in [0.2, 0.25) is 5.88 Å². The zero-order chi connectivity index (χ0) is 29.7. The van der Waals surface area contributed by atoms with Crippen LogP contribution in [0.4, 0.5) is 4.39 Å². The largest absolute Gasteiger partial charge is 0.486 e. The maximum Gasteiger partial charge on any atom is 0.304 e. The fourth-order valence-electron chi connectivity index (χ4n) is 5.58. The van der Waals surface area contributed by atoms with Gasteiger partial charge in [-0.25, -0.2) is 17.8 Å². The minimum atomic E-state index is -3.09. The first-order valence-electron chi connectivity index (χ1n) is 14.0. The van der Waals surface area contributed by atoms with E-state index in [0.717, 1.165) is 22.3 Å². The molecule has 0 amide bonds. The van der Waals surface area contributed by atoms with E-state index in [1.165, 1.54) is 6.07 Å². The number of nitrogens with one attached hydrogen (secondary N) is 1. The smallest absolute Gasteiger partial charge is 0.304 e.